The summed E-state index contributed by atoms with van der Waals surface area (Å²) in [5.74, 6) is 0.0959. The van der Waals surface area contributed by atoms with E-state index in [1.807, 2.05) is 13.8 Å². The first-order chi connectivity index (χ1) is 13.9. The maximum Gasteiger partial charge on any atom is 0.341 e. The average molecular weight is 453 g/mol. The lowest BCUT2D eigenvalue weighted by molar-refractivity contribution is 0.0526. The molecule has 8 heteroatoms. The van der Waals surface area contributed by atoms with E-state index in [9.17, 15) is 9.59 Å². The van der Waals surface area contributed by atoms with E-state index in [4.69, 9.17) is 9.47 Å². The van der Waals surface area contributed by atoms with Crippen molar-refractivity contribution < 1.29 is 19.1 Å². The second kappa shape index (κ2) is 10.8. The third-order valence-corrected chi connectivity index (χ3v) is 5.91. The Labute approximate surface area is 188 Å². The van der Waals surface area contributed by atoms with Crippen LogP contribution in [0.4, 0.5) is 5.00 Å². The molecule has 30 heavy (non-hydrogen) atoms. The van der Waals surface area contributed by atoms with Crippen molar-refractivity contribution in [1.29, 1.82) is 0 Å². The second-order valence-corrected chi connectivity index (χ2v) is 8.30. The van der Waals surface area contributed by atoms with Gasteiger partial charge in [0, 0.05) is 23.5 Å². The average Bonchev–Trinajstić information content (AvgIpc) is 3.05. The van der Waals surface area contributed by atoms with Crippen molar-refractivity contribution in [3.8, 4) is 5.75 Å². The quantitative estimate of drug-likeness (QED) is 0.613. The largest absolute Gasteiger partial charge is 0.491 e. The molecule has 1 aliphatic rings. The number of amides is 1. The summed E-state index contributed by atoms with van der Waals surface area (Å²) in [4.78, 5) is 28.9. The highest BCUT2D eigenvalue weighted by Crippen LogP contribution is 2.38. The Bertz CT molecular complexity index is 880. The number of esters is 1. The lowest BCUT2D eigenvalue weighted by Crippen LogP contribution is -2.30. The number of hydrogen-bond donors (Lipinski definition) is 1. The van der Waals surface area contributed by atoms with E-state index in [-0.39, 0.29) is 30.4 Å². The molecule has 1 N–H and O–H groups in total. The number of fused-ring (bicyclic) bond motifs is 1. The minimum atomic E-state index is -0.370. The van der Waals surface area contributed by atoms with Crippen LogP contribution in [0.2, 0.25) is 0 Å². The first kappa shape index (κ1) is 24.2. The Morgan fingerprint density at radius 1 is 1.20 bits per heavy atom. The van der Waals surface area contributed by atoms with Gasteiger partial charge in [-0.1, -0.05) is 6.92 Å². The van der Waals surface area contributed by atoms with Crippen LogP contribution in [-0.2, 0) is 17.7 Å². The SMILES string of the molecule is CCOC(=O)c1c(NC(=O)c2ccc(OC(C)C)cc2)sc2c1CCN(CC)C2.Cl. The predicted octanol–water partition coefficient (Wildman–Crippen LogP) is 4.76. The second-order valence-electron chi connectivity index (χ2n) is 7.19. The maximum absolute atomic E-state index is 12.8. The number of anilines is 1. The summed E-state index contributed by atoms with van der Waals surface area (Å²) in [6, 6.07) is 7.01. The fourth-order valence-corrected chi connectivity index (χ4v) is 4.64. The van der Waals surface area contributed by atoms with Gasteiger partial charge in [0.2, 0.25) is 0 Å². The molecule has 0 bridgehead atoms. The van der Waals surface area contributed by atoms with Crippen molar-refractivity contribution in [1.82, 2.24) is 4.90 Å². The van der Waals surface area contributed by atoms with Gasteiger partial charge < -0.3 is 14.8 Å². The molecule has 0 fully saturated rings. The molecule has 0 radical (unpaired) electrons. The molecule has 0 saturated carbocycles. The van der Waals surface area contributed by atoms with Crippen LogP contribution in [-0.4, -0.2) is 42.6 Å². The summed E-state index contributed by atoms with van der Waals surface area (Å²) in [7, 11) is 0. The molecule has 1 amide bonds. The van der Waals surface area contributed by atoms with Gasteiger partial charge in [-0.15, -0.1) is 23.7 Å². The van der Waals surface area contributed by atoms with E-state index in [1.54, 1.807) is 31.2 Å². The number of thiophene rings is 1. The Kier molecular flexibility index (Phi) is 8.70. The molecule has 1 aliphatic heterocycles. The molecule has 0 spiro atoms. The molecule has 1 aromatic heterocycles. The number of nitrogens with zero attached hydrogens (tertiary/aromatic N) is 1. The molecule has 0 aliphatic carbocycles. The monoisotopic (exact) mass is 452 g/mol. The number of ether oxygens (including phenoxy) is 2. The van der Waals surface area contributed by atoms with Gasteiger partial charge in [0.1, 0.15) is 10.8 Å². The number of benzene rings is 1. The fourth-order valence-electron chi connectivity index (χ4n) is 3.37. The lowest BCUT2D eigenvalue weighted by atomic mass is 10.0. The number of rotatable bonds is 7. The van der Waals surface area contributed by atoms with E-state index < -0.39 is 0 Å². The van der Waals surface area contributed by atoms with Crippen LogP contribution in [0.25, 0.3) is 0 Å². The standard InChI is InChI=1S/C22H28N2O4S.ClH/c1-5-24-12-11-17-18(13-24)29-21(19(17)22(26)27-6-2)23-20(25)15-7-9-16(10-8-15)28-14(3)4;/h7-10,14H,5-6,11-13H2,1-4H3,(H,23,25);1H. The maximum atomic E-state index is 12.8. The molecule has 2 heterocycles. The zero-order valence-electron chi connectivity index (χ0n) is 17.8. The van der Waals surface area contributed by atoms with Crippen LogP contribution >= 0.6 is 23.7 Å². The van der Waals surface area contributed by atoms with Crippen molar-refractivity contribution in [3.05, 3.63) is 45.8 Å². The van der Waals surface area contributed by atoms with Gasteiger partial charge in [-0.25, -0.2) is 4.79 Å². The molecule has 0 unspecified atom stereocenters. The number of halogens is 1. The summed E-state index contributed by atoms with van der Waals surface area (Å²) in [5, 5.41) is 3.50. The van der Waals surface area contributed by atoms with Crippen LogP contribution in [0.15, 0.2) is 24.3 Å². The molecule has 164 valence electrons. The van der Waals surface area contributed by atoms with Gasteiger partial charge >= 0.3 is 5.97 Å². The van der Waals surface area contributed by atoms with Gasteiger partial charge in [-0.3, -0.25) is 9.69 Å². The highest BCUT2D eigenvalue weighted by atomic mass is 35.5. The molecule has 0 saturated heterocycles. The third-order valence-electron chi connectivity index (χ3n) is 4.78. The first-order valence-corrected chi connectivity index (χ1v) is 10.9. The van der Waals surface area contributed by atoms with Crippen LogP contribution in [0, 0.1) is 0 Å². The smallest absolute Gasteiger partial charge is 0.341 e. The molecule has 3 rings (SSSR count). The van der Waals surface area contributed by atoms with Crippen LogP contribution < -0.4 is 10.1 Å². The van der Waals surface area contributed by atoms with E-state index in [0.29, 0.717) is 22.7 Å². The van der Waals surface area contributed by atoms with Crippen molar-refractivity contribution in [3.63, 3.8) is 0 Å². The van der Waals surface area contributed by atoms with Crippen LogP contribution in [0.3, 0.4) is 0 Å². The molecule has 1 aromatic carbocycles. The number of nitrogens with one attached hydrogen (secondary N) is 1. The van der Waals surface area contributed by atoms with E-state index >= 15 is 0 Å². The number of hydrogen-bond acceptors (Lipinski definition) is 6. The summed E-state index contributed by atoms with van der Waals surface area (Å²) in [6.45, 7) is 10.8. The Balaban J connectivity index is 0.00000320. The van der Waals surface area contributed by atoms with E-state index in [2.05, 4.69) is 17.1 Å². The zero-order valence-corrected chi connectivity index (χ0v) is 19.5. The van der Waals surface area contributed by atoms with Crippen molar-refractivity contribution in [2.24, 2.45) is 0 Å². The zero-order chi connectivity index (χ0) is 21.0. The summed E-state index contributed by atoms with van der Waals surface area (Å²) in [6.07, 6.45) is 0.854. The number of carbonyl (C=O) groups is 2. The van der Waals surface area contributed by atoms with Gasteiger partial charge in [0.05, 0.1) is 18.3 Å². The molecular formula is C22H29ClN2O4S. The van der Waals surface area contributed by atoms with E-state index in [0.717, 1.165) is 42.2 Å². The van der Waals surface area contributed by atoms with Crippen molar-refractivity contribution in [2.45, 2.75) is 46.8 Å². The molecule has 6 nitrogen and oxygen atoms in total. The molecule has 0 atom stereocenters. The van der Waals surface area contributed by atoms with Gasteiger partial charge in [-0.2, -0.15) is 0 Å². The van der Waals surface area contributed by atoms with Crippen LogP contribution in [0.1, 0.15) is 58.9 Å². The van der Waals surface area contributed by atoms with Gasteiger partial charge in [0.15, 0.2) is 0 Å². The van der Waals surface area contributed by atoms with Crippen LogP contribution in [0.5, 0.6) is 5.75 Å². The number of carbonyl (C=O) groups excluding carboxylic acids is 2. The summed E-state index contributed by atoms with van der Waals surface area (Å²) >= 11 is 1.47. The summed E-state index contributed by atoms with van der Waals surface area (Å²) < 4.78 is 10.9. The molecular weight excluding hydrogens is 424 g/mol. The Hall–Kier alpha value is -2.09. The van der Waals surface area contributed by atoms with Gasteiger partial charge in [0.25, 0.3) is 5.91 Å². The lowest BCUT2D eigenvalue weighted by Gasteiger charge is -2.25. The van der Waals surface area contributed by atoms with Crippen molar-refractivity contribution >= 4 is 40.6 Å². The minimum Gasteiger partial charge on any atom is -0.491 e. The fraction of sp³-hybridized carbons (Fsp3) is 0.455. The Morgan fingerprint density at radius 2 is 1.90 bits per heavy atom. The highest BCUT2D eigenvalue weighted by Gasteiger charge is 2.29. The topological polar surface area (TPSA) is 67.9 Å². The normalized spacial score (nSPS) is 13.4. The predicted molar refractivity (Wildman–Crippen MR) is 122 cm³/mol. The number of likely N-dealkylation sites (N-methyl/N-ethyl adjacent to an activating group) is 1. The highest BCUT2D eigenvalue weighted by molar-refractivity contribution is 7.17. The third kappa shape index (κ3) is 5.53. The van der Waals surface area contributed by atoms with Gasteiger partial charge in [-0.05, 0) is 63.6 Å². The Morgan fingerprint density at radius 3 is 2.50 bits per heavy atom. The summed E-state index contributed by atoms with van der Waals surface area (Å²) in [5.41, 5.74) is 2.03. The first-order valence-electron chi connectivity index (χ1n) is 10.0. The van der Waals surface area contributed by atoms with E-state index in [1.165, 1.54) is 11.3 Å². The molecule has 2 aromatic rings. The van der Waals surface area contributed by atoms with Crippen molar-refractivity contribution in [2.75, 3.05) is 25.0 Å². The minimum absolute atomic E-state index is 0.